The maximum Gasteiger partial charge on any atom is 0.160 e. The highest BCUT2D eigenvalue weighted by atomic mass is 16.3. The van der Waals surface area contributed by atoms with Gasteiger partial charge in [-0.3, -0.25) is 0 Å². The number of rotatable bonds is 7. The number of furan rings is 1. The molecule has 7 aromatic carbocycles. The Morgan fingerprint density at radius 3 is 1.20 bits per heavy atom. The normalized spacial score (nSPS) is 11.3. The Morgan fingerprint density at radius 2 is 0.655 bits per heavy atom. The van der Waals surface area contributed by atoms with Crippen molar-refractivity contribution in [1.82, 2.24) is 19.9 Å². The molecule has 0 unspecified atom stereocenters. The molecule has 5 heteroatoms. The van der Waals surface area contributed by atoms with Crippen LogP contribution in [0.1, 0.15) is 0 Å². The second-order valence-corrected chi connectivity index (χ2v) is 13.4. The Hall–Kier alpha value is -7.50. The minimum absolute atomic E-state index is 0.660. The molecule has 0 spiro atoms. The molecule has 0 fully saturated rings. The van der Waals surface area contributed by atoms with Crippen molar-refractivity contribution in [2.24, 2.45) is 0 Å². The number of fused-ring (bicyclic) bond motifs is 3. The van der Waals surface area contributed by atoms with Gasteiger partial charge in [-0.2, -0.15) is 0 Å². The topological polar surface area (TPSA) is 64.7 Å². The molecule has 0 N–H and O–H groups in total. The van der Waals surface area contributed by atoms with Crippen LogP contribution in [-0.2, 0) is 0 Å². The summed E-state index contributed by atoms with van der Waals surface area (Å²) in [7, 11) is 0. The zero-order chi connectivity index (χ0) is 36.6. The second kappa shape index (κ2) is 13.8. The molecule has 3 heterocycles. The third-order valence-electron chi connectivity index (χ3n) is 9.93. The van der Waals surface area contributed by atoms with Gasteiger partial charge in [-0.15, -0.1) is 0 Å². The SMILES string of the molecule is c1ccc(-c2cc(-c3ccccc3)nc(-c3cccc(-c4cccc5c4oc4c(-c6cc(-c7ccccc7)nc(-c7ccccc7)n6)cccc45)c3)n2)cc1. The lowest BCUT2D eigenvalue weighted by atomic mass is 9.99. The van der Waals surface area contributed by atoms with Crippen molar-refractivity contribution in [2.45, 2.75) is 0 Å². The van der Waals surface area contributed by atoms with E-state index in [4.69, 9.17) is 24.4 Å². The van der Waals surface area contributed by atoms with Gasteiger partial charge in [0.15, 0.2) is 11.6 Å². The highest BCUT2D eigenvalue weighted by Gasteiger charge is 2.19. The maximum atomic E-state index is 6.92. The van der Waals surface area contributed by atoms with Crippen LogP contribution in [0, 0.1) is 0 Å². The first kappa shape index (κ1) is 32.2. The van der Waals surface area contributed by atoms with Crippen LogP contribution in [-0.4, -0.2) is 19.9 Å². The molecule has 3 aromatic heterocycles. The number of para-hydroxylation sites is 2. The minimum Gasteiger partial charge on any atom is -0.455 e. The van der Waals surface area contributed by atoms with Crippen LogP contribution >= 0.6 is 0 Å². The number of aromatic nitrogens is 4. The van der Waals surface area contributed by atoms with Crippen molar-refractivity contribution < 1.29 is 4.42 Å². The maximum absolute atomic E-state index is 6.92. The van der Waals surface area contributed by atoms with Gasteiger partial charge in [0, 0.05) is 49.7 Å². The van der Waals surface area contributed by atoms with E-state index in [0.29, 0.717) is 11.6 Å². The molecule has 0 amide bonds. The second-order valence-electron chi connectivity index (χ2n) is 13.4. The average molecular weight is 705 g/mol. The lowest BCUT2D eigenvalue weighted by Gasteiger charge is -2.10. The monoisotopic (exact) mass is 704 g/mol. The third kappa shape index (κ3) is 6.14. The molecule has 55 heavy (non-hydrogen) atoms. The third-order valence-corrected chi connectivity index (χ3v) is 9.93. The summed E-state index contributed by atoms with van der Waals surface area (Å²) in [6.45, 7) is 0. The first-order valence-electron chi connectivity index (χ1n) is 18.3. The van der Waals surface area contributed by atoms with Crippen molar-refractivity contribution in [3.05, 3.63) is 194 Å². The van der Waals surface area contributed by atoms with Crippen molar-refractivity contribution in [3.63, 3.8) is 0 Å². The number of nitrogens with zero attached hydrogens (tertiary/aromatic N) is 4. The summed E-state index contributed by atoms with van der Waals surface area (Å²) in [5.41, 5.74) is 12.9. The number of hydrogen-bond donors (Lipinski definition) is 0. The lowest BCUT2D eigenvalue weighted by Crippen LogP contribution is -1.96. The quantitative estimate of drug-likeness (QED) is 0.165. The van der Waals surface area contributed by atoms with Crippen LogP contribution in [0.4, 0.5) is 0 Å². The molecule has 10 rings (SSSR count). The first-order valence-corrected chi connectivity index (χ1v) is 18.3. The fourth-order valence-electron chi connectivity index (χ4n) is 7.22. The van der Waals surface area contributed by atoms with E-state index in [2.05, 4.69) is 109 Å². The standard InChI is InChI=1S/C50H32N4O/c1-5-16-33(17-6-1)43-31-44(34-18-7-2-8-19-34)53-50(52-43)38-25-13-24-37(30-38)39-26-14-27-40-41-28-15-29-42(48(41)55-47(39)40)46-32-45(35-20-9-3-10-21-35)51-49(54-46)36-22-11-4-12-23-36/h1-32H. The van der Waals surface area contributed by atoms with E-state index in [1.807, 2.05) is 84.9 Å². The number of hydrogen-bond acceptors (Lipinski definition) is 5. The van der Waals surface area contributed by atoms with Gasteiger partial charge in [0.1, 0.15) is 11.2 Å². The molecular formula is C50H32N4O. The molecule has 0 atom stereocenters. The van der Waals surface area contributed by atoms with E-state index < -0.39 is 0 Å². The first-order chi connectivity index (χ1) is 27.2. The van der Waals surface area contributed by atoms with E-state index in [1.54, 1.807) is 0 Å². The Morgan fingerprint density at radius 1 is 0.273 bits per heavy atom. The Labute approximate surface area is 318 Å². The fourth-order valence-corrected chi connectivity index (χ4v) is 7.22. The Bertz CT molecular complexity index is 2850. The summed E-state index contributed by atoms with van der Waals surface area (Å²) in [6, 6.07) is 66.0. The summed E-state index contributed by atoms with van der Waals surface area (Å²) in [5.74, 6) is 1.32. The minimum atomic E-state index is 0.660. The molecule has 0 aliphatic carbocycles. The predicted molar refractivity (Wildman–Crippen MR) is 223 cm³/mol. The van der Waals surface area contributed by atoms with E-state index >= 15 is 0 Å². The average Bonchev–Trinajstić information content (AvgIpc) is 3.67. The summed E-state index contributed by atoms with van der Waals surface area (Å²) in [5, 5.41) is 2.06. The fraction of sp³-hybridized carbons (Fsp3) is 0. The van der Waals surface area contributed by atoms with Crippen LogP contribution in [0.25, 0.3) is 101 Å². The molecule has 5 nitrogen and oxygen atoms in total. The van der Waals surface area contributed by atoms with Crippen LogP contribution in [0.2, 0.25) is 0 Å². The van der Waals surface area contributed by atoms with E-state index in [0.717, 1.165) is 89.2 Å². The molecule has 0 bridgehead atoms. The van der Waals surface area contributed by atoms with E-state index in [1.165, 1.54) is 0 Å². The molecular weight excluding hydrogens is 673 g/mol. The largest absolute Gasteiger partial charge is 0.455 e. The van der Waals surface area contributed by atoms with Gasteiger partial charge in [0.2, 0.25) is 0 Å². The van der Waals surface area contributed by atoms with Crippen LogP contribution in [0.15, 0.2) is 199 Å². The highest BCUT2D eigenvalue weighted by molar-refractivity contribution is 6.13. The van der Waals surface area contributed by atoms with Gasteiger partial charge in [0.05, 0.1) is 22.8 Å². The summed E-state index contributed by atoms with van der Waals surface area (Å²) in [6.07, 6.45) is 0. The molecule has 0 saturated heterocycles. The van der Waals surface area contributed by atoms with Gasteiger partial charge in [-0.05, 0) is 29.8 Å². The lowest BCUT2D eigenvalue weighted by molar-refractivity contribution is 0.671. The van der Waals surface area contributed by atoms with Crippen molar-refractivity contribution >= 4 is 21.9 Å². The number of benzene rings is 7. The van der Waals surface area contributed by atoms with Gasteiger partial charge in [-0.25, -0.2) is 19.9 Å². The van der Waals surface area contributed by atoms with Gasteiger partial charge in [-0.1, -0.05) is 170 Å². The molecule has 0 aliphatic heterocycles. The van der Waals surface area contributed by atoms with Crippen molar-refractivity contribution in [3.8, 4) is 78.9 Å². The smallest absolute Gasteiger partial charge is 0.160 e. The van der Waals surface area contributed by atoms with Gasteiger partial charge in [0.25, 0.3) is 0 Å². The van der Waals surface area contributed by atoms with Crippen molar-refractivity contribution in [1.29, 1.82) is 0 Å². The summed E-state index contributed by atoms with van der Waals surface area (Å²) >= 11 is 0. The van der Waals surface area contributed by atoms with Crippen LogP contribution in [0.5, 0.6) is 0 Å². The van der Waals surface area contributed by atoms with Gasteiger partial charge >= 0.3 is 0 Å². The van der Waals surface area contributed by atoms with E-state index in [9.17, 15) is 0 Å². The Balaban J connectivity index is 1.11. The Kier molecular flexibility index (Phi) is 8.08. The summed E-state index contributed by atoms with van der Waals surface area (Å²) in [4.78, 5) is 20.3. The zero-order valence-electron chi connectivity index (χ0n) is 29.7. The van der Waals surface area contributed by atoms with Crippen molar-refractivity contribution in [2.75, 3.05) is 0 Å². The molecule has 0 saturated carbocycles. The summed E-state index contributed by atoms with van der Waals surface area (Å²) < 4.78 is 6.92. The molecule has 0 aliphatic rings. The molecule has 0 radical (unpaired) electrons. The van der Waals surface area contributed by atoms with Gasteiger partial charge < -0.3 is 4.42 Å². The van der Waals surface area contributed by atoms with Crippen LogP contribution < -0.4 is 0 Å². The predicted octanol–water partition coefficient (Wildman–Crippen LogP) is 12.8. The van der Waals surface area contributed by atoms with E-state index in [-0.39, 0.29) is 0 Å². The zero-order valence-corrected chi connectivity index (χ0v) is 29.7. The molecule has 258 valence electrons. The van der Waals surface area contributed by atoms with Crippen LogP contribution in [0.3, 0.4) is 0 Å². The highest BCUT2D eigenvalue weighted by Crippen LogP contribution is 2.41. The molecule has 10 aromatic rings.